The van der Waals surface area contributed by atoms with Crippen LogP contribution in [-0.2, 0) is 12.1 Å². The van der Waals surface area contributed by atoms with Crippen LogP contribution in [0.4, 0.5) is 0 Å². The molecular weight excluding hydrogens is 230 g/mol. The fourth-order valence-corrected chi connectivity index (χ4v) is 2.35. The highest BCUT2D eigenvalue weighted by Crippen LogP contribution is 2.19. The van der Waals surface area contributed by atoms with Crippen LogP contribution in [0.1, 0.15) is 38.8 Å². The van der Waals surface area contributed by atoms with Gasteiger partial charge in [0.1, 0.15) is 0 Å². The second-order valence-electron chi connectivity index (χ2n) is 4.90. The van der Waals surface area contributed by atoms with Crippen molar-refractivity contribution in [1.29, 1.82) is 0 Å². The molecule has 0 spiro atoms. The smallest absolute Gasteiger partial charge is 0.0948 e. The Labute approximate surface area is 109 Å². The average molecular weight is 255 g/mol. The van der Waals surface area contributed by atoms with Crippen molar-refractivity contribution in [2.45, 2.75) is 45.2 Å². The van der Waals surface area contributed by atoms with Gasteiger partial charge in [0.2, 0.25) is 0 Å². The molecule has 0 aromatic carbocycles. The van der Waals surface area contributed by atoms with E-state index >= 15 is 0 Å². The molecule has 0 bridgehead atoms. The second kappa shape index (κ2) is 7.07. The van der Waals surface area contributed by atoms with Gasteiger partial charge in [-0.3, -0.25) is 0 Å². The van der Waals surface area contributed by atoms with E-state index in [1.54, 1.807) is 0 Å². The molecule has 1 aromatic heterocycles. The van der Waals surface area contributed by atoms with Gasteiger partial charge in [-0.05, 0) is 45.7 Å². The maximum Gasteiger partial charge on any atom is 0.0948 e. The topological polar surface area (TPSA) is 29.9 Å². The zero-order valence-corrected chi connectivity index (χ0v) is 12.3. The highest BCUT2D eigenvalue weighted by Gasteiger charge is 2.21. The molecule has 0 unspecified atom stereocenters. The summed E-state index contributed by atoms with van der Waals surface area (Å²) in [5.74, 6) is 1.28. The van der Waals surface area contributed by atoms with Crippen molar-refractivity contribution in [2.24, 2.45) is 0 Å². The van der Waals surface area contributed by atoms with Gasteiger partial charge in [0.25, 0.3) is 0 Å². The van der Waals surface area contributed by atoms with Gasteiger partial charge < -0.3 is 9.88 Å². The third-order valence-electron chi connectivity index (χ3n) is 3.23. The van der Waals surface area contributed by atoms with Crippen LogP contribution in [0.3, 0.4) is 0 Å². The highest BCUT2D eigenvalue weighted by atomic mass is 32.2. The molecule has 3 nitrogen and oxygen atoms in total. The number of imidazole rings is 1. The van der Waals surface area contributed by atoms with Crippen LogP contribution in [0.15, 0.2) is 12.5 Å². The first-order chi connectivity index (χ1) is 8.11. The average Bonchev–Trinajstić information content (AvgIpc) is 2.78. The molecule has 98 valence electrons. The number of aryl methyl sites for hydroxylation is 1. The summed E-state index contributed by atoms with van der Waals surface area (Å²) in [4.78, 5) is 4.27. The molecule has 1 rings (SSSR count). The number of aromatic nitrogens is 2. The summed E-state index contributed by atoms with van der Waals surface area (Å²) >= 11 is 1.93. The SMILES string of the molecule is CNC(C)(C)c1cncn1CCCCCSC. The quantitative estimate of drug-likeness (QED) is 0.724. The zero-order chi connectivity index (χ0) is 12.7. The van der Waals surface area contributed by atoms with E-state index in [1.165, 1.54) is 30.7 Å². The van der Waals surface area contributed by atoms with Gasteiger partial charge in [-0.2, -0.15) is 11.8 Å². The summed E-state index contributed by atoms with van der Waals surface area (Å²) in [6.07, 6.45) is 9.95. The number of hydrogen-bond acceptors (Lipinski definition) is 3. The summed E-state index contributed by atoms with van der Waals surface area (Å²) < 4.78 is 2.27. The third kappa shape index (κ3) is 4.36. The monoisotopic (exact) mass is 255 g/mol. The summed E-state index contributed by atoms with van der Waals surface area (Å²) in [7, 11) is 2.00. The number of hydrogen-bond donors (Lipinski definition) is 1. The van der Waals surface area contributed by atoms with Crippen molar-refractivity contribution in [3.63, 3.8) is 0 Å². The van der Waals surface area contributed by atoms with E-state index in [1.807, 2.05) is 31.3 Å². The van der Waals surface area contributed by atoms with E-state index in [2.05, 4.69) is 35.0 Å². The Morgan fingerprint density at radius 3 is 2.76 bits per heavy atom. The van der Waals surface area contributed by atoms with E-state index in [-0.39, 0.29) is 5.54 Å². The summed E-state index contributed by atoms with van der Waals surface area (Å²) in [5.41, 5.74) is 1.26. The van der Waals surface area contributed by atoms with E-state index in [0.717, 1.165) is 6.54 Å². The first-order valence-corrected chi connectivity index (χ1v) is 7.69. The van der Waals surface area contributed by atoms with Crippen LogP contribution >= 0.6 is 11.8 Å². The fraction of sp³-hybridized carbons (Fsp3) is 0.769. The molecule has 1 heterocycles. The Hall–Kier alpha value is -0.480. The molecule has 1 N–H and O–H groups in total. The third-order valence-corrected chi connectivity index (χ3v) is 3.92. The van der Waals surface area contributed by atoms with Gasteiger partial charge in [-0.25, -0.2) is 4.98 Å². The van der Waals surface area contributed by atoms with E-state index in [0.29, 0.717) is 0 Å². The van der Waals surface area contributed by atoms with Crippen molar-refractivity contribution < 1.29 is 0 Å². The molecule has 0 atom stereocenters. The fourth-order valence-electron chi connectivity index (χ4n) is 1.85. The van der Waals surface area contributed by atoms with Gasteiger partial charge >= 0.3 is 0 Å². The van der Waals surface area contributed by atoms with Crippen LogP contribution in [0.5, 0.6) is 0 Å². The molecule has 0 saturated heterocycles. The summed E-state index contributed by atoms with van der Waals surface area (Å²) in [5, 5.41) is 3.33. The van der Waals surface area contributed by atoms with E-state index in [4.69, 9.17) is 0 Å². The molecule has 1 aromatic rings. The molecule has 0 aliphatic rings. The number of nitrogens with zero attached hydrogens (tertiary/aromatic N) is 2. The minimum Gasteiger partial charge on any atom is -0.333 e. The number of rotatable bonds is 8. The van der Waals surface area contributed by atoms with E-state index in [9.17, 15) is 0 Å². The van der Waals surface area contributed by atoms with Crippen molar-refractivity contribution in [3.05, 3.63) is 18.2 Å². The zero-order valence-electron chi connectivity index (χ0n) is 11.5. The number of unbranched alkanes of at least 4 members (excludes halogenated alkanes) is 2. The van der Waals surface area contributed by atoms with Gasteiger partial charge in [0.15, 0.2) is 0 Å². The minimum atomic E-state index is -0.00420. The lowest BCUT2D eigenvalue weighted by atomic mass is 10.0. The van der Waals surface area contributed by atoms with Gasteiger partial charge in [0, 0.05) is 12.7 Å². The van der Waals surface area contributed by atoms with E-state index < -0.39 is 0 Å². The Morgan fingerprint density at radius 2 is 2.12 bits per heavy atom. The van der Waals surface area contributed by atoms with Crippen LogP contribution in [-0.4, -0.2) is 28.6 Å². The summed E-state index contributed by atoms with van der Waals surface area (Å²) in [6.45, 7) is 5.46. The molecular formula is C13H25N3S. The molecule has 0 aliphatic carbocycles. The predicted octanol–water partition coefficient (Wildman–Crippen LogP) is 2.87. The van der Waals surface area contributed by atoms with Gasteiger partial charge in [0.05, 0.1) is 17.6 Å². The maximum atomic E-state index is 4.27. The molecule has 0 fully saturated rings. The van der Waals surface area contributed by atoms with Crippen molar-refractivity contribution in [1.82, 2.24) is 14.9 Å². The van der Waals surface area contributed by atoms with Gasteiger partial charge in [-0.15, -0.1) is 0 Å². The van der Waals surface area contributed by atoms with Crippen molar-refractivity contribution in [2.75, 3.05) is 19.1 Å². The Bertz CT molecular complexity index is 320. The second-order valence-corrected chi connectivity index (χ2v) is 5.89. The Kier molecular flexibility index (Phi) is 6.06. The number of thioether (sulfide) groups is 1. The largest absolute Gasteiger partial charge is 0.333 e. The van der Waals surface area contributed by atoms with Gasteiger partial charge in [-0.1, -0.05) is 6.42 Å². The summed E-state index contributed by atoms with van der Waals surface area (Å²) in [6, 6.07) is 0. The lowest BCUT2D eigenvalue weighted by molar-refractivity contribution is 0.404. The molecule has 0 aliphatic heterocycles. The lowest BCUT2D eigenvalue weighted by Gasteiger charge is -2.25. The first kappa shape index (κ1) is 14.6. The highest BCUT2D eigenvalue weighted by molar-refractivity contribution is 7.98. The minimum absolute atomic E-state index is 0.00420. The normalized spacial score (nSPS) is 12.0. The van der Waals surface area contributed by atoms with Crippen LogP contribution in [0, 0.1) is 0 Å². The lowest BCUT2D eigenvalue weighted by Crippen LogP contribution is -2.35. The Balaban J connectivity index is 2.46. The molecule has 17 heavy (non-hydrogen) atoms. The maximum absolute atomic E-state index is 4.27. The molecule has 0 saturated carbocycles. The molecule has 0 radical (unpaired) electrons. The van der Waals surface area contributed by atoms with Crippen LogP contribution < -0.4 is 5.32 Å². The predicted molar refractivity (Wildman–Crippen MR) is 76.5 cm³/mol. The van der Waals surface area contributed by atoms with Crippen LogP contribution in [0.25, 0.3) is 0 Å². The van der Waals surface area contributed by atoms with Crippen molar-refractivity contribution >= 4 is 11.8 Å². The standard InChI is InChI=1S/C13H25N3S/c1-13(2,14-3)12-10-15-11-16(12)8-6-5-7-9-17-4/h10-11,14H,5-9H2,1-4H3. The molecule has 0 amide bonds. The first-order valence-electron chi connectivity index (χ1n) is 6.30. The Morgan fingerprint density at radius 1 is 1.35 bits per heavy atom. The molecule has 4 heteroatoms. The van der Waals surface area contributed by atoms with Crippen molar-refractivity contribution in [3.8, 4) is 0 Å². The van der Waals surface area contributed by atoms with Crippen LogP contribution in [0.2, 0.25) is 0 Å². The number of nitrogens with one attached hydrogen (secondary N) is 1.